The van der Waals surface area contributed by atoms with Crippen molar-refractivity contribution < 1.29 is 18.0 Å². The van der Waals surface area contributed by atoms with Crippen LogP contribution in [0.5, 0.6) is 0 Å². The molecule has 1 saturated heterocycles. The molecule has 1 aliphatic heterocycles. The fraction of sp³-hybridized carbons (Fsp3) is 0.600. The number of nitrogens with zero attached hydrogens (tertiary/aromatic N) is 2. The Morgan fingerprint density at radius 1 is 1.17 bits per heavy atom. The van der Waals surface area contributed by atoms with E-state index in [-0.39, 0.29) is 30.5 Å². The molecule has 7 nitrogen and oxygen atoms in total. The number of rotatable bonds is 5. The lowest BCUT2D eigenvalue weighted by atomic mass is 9.80. The van der Waals surface area contributed by atoms with E-state index in [0.717, 1.165) is 17.7 Å². The number of benzene rings is 1. The Labute approximate surface area is 186 Å². The fourth-order valence-electron chi connectivity index (χ4n) is 4.47. The summed E-state index contributed by atoms with van der Waals surface area (Å²) in [4.78, 5) is 28.5. The van der Waals surface area contributed by atoms with Gasteiger partial charge in [0.05, 0.1) is 17.7 Å². The lowest BCUT2D eigenvalue weighted by molar-refractivity contribution is -0.139. The predicted molar refractivity (Wildman–Crippen MR) is 115 cm³/mol. The van der Waals surface area contributed by atoms with E-state index in [1.807, 2.05) is 6.92 Å². The minimum atomic E-state index is -3.54. The van der Waals surface area contributed by atoms with Gasteiger partial charge in [0.25, 0.3) is 0 Å². The third-order valence-corrected chi connectivity index (χ3v) is 9.36. The molecule has 0 radical (unpaired) electrons. The van der Waals surface area contributed by atoms with Crippen LogP contribution in [0.4, 0.5) is 4.79 Å². The van der Waals surface area contributed by atoms with Crippen molar-refractivity contribution in [1.29, 1.82) is 0 Å². The van der Waals surface area contributed by atoms with Crippen molar-refractivity contribution in [1.82, 2.24) is 14.5 Å². The molecule has 1 N–H and O–H groups in total. The van der Waals surface area contributed by atoms with Gasteiger partial charge in [-0.25, -0.2) is 17.9 Å². The molecular formula is C20H25Cl2N3O4S. The predicted octanol–water partition coefficient (Wildman–Crippen LogP) is 3.40. The van der Waals surface area contributed by atoms with Crippen LogP contribution in [0.2, 0.25) is 10.0 Å². The van der Waals surface area contributed by atoms with Crippen molar-refractivity contribution in [3.8, 4) is 0 Å². The van der Waals surface area contributed by atoms with Crippen LogP contribution in [-0.2, 0) is 21.4 Å². The first-order valence-corrected chi connectivity index (χ1v) is 12.4. The molecule has 1 aromatic rings. The molecule has 30 heavy (non-hydrogen) atoms. The minimum absolute atomic E-state index is 0.171. The molecule has 2 aliphatic carbocycles. The maximum atomic E-state index is 12.9. The Morgan fingerprint density at radius 2 is 1.80 bits per heavy atom. The molecule has 1 heterocycles. The van der Waals surface area contributed by atoms with Crippen molar-refractivity contribution in [2.75, 3.05) is 7.05 Å². The standard InChI is InChI=1S/C20H25Cl2N3O4S/c1-20(8-9-20)23-30(28,29)12-6-7-17-13(10-12)18(26)24(2)19(27)25(17)11-14-15(21)4-3-5-16(14)22/h3-5,12-13,17,23H,6-11H2,1-2H3. The summed E-state index contributed by atoms with van der Waals surface area (Å²) in [5.74, 6) is -0.902. The van der Waals surface area contributed by atoms with Gasteiger partial charge in [-0.2, -0.15) is 0 Å². The van der Waals surface area contributed by atoms with Gasteiger partial charge in [-0.15, -0.1) is 0 Å². The largest absolute Gasteiger partial charge is 0.327 e. The highest BCUT2D eigenvalue weighted by molar-refractivity contribution is 7.90. The summed E-state index contributed by atoms with van der Waals surface area (Å²) >= 11 is 12.6. The van der Waals surface area contributed by atoms with E-state index in [1.165, 1.54) is 7.05 Å². The summed E-state index contributed by atoms with van der Waals surface area (Å²) in [5.41, 5.74) is 0.264. The van der Waals surface area contributed by atoms with Crippen LogP contribution in [0.15, 0.2) is 18.2 Å². The summed E-state index contributed by atoms with van der Waals surface area (Å²) in [6.45, 7) is 2.06. The second kappa shape index (κ2) is 7.65. The number of carbonyl (C=O) groups is 2. The number of fused-ring (bicyclic) bond motifs is 1. The highest BCUT2D eigenvalue weighted by Crippen LogP contribution is 2.41. The number of nitrogens with one attached hydrogen (secondary N) is 1. The van der Waals surface area contributed by atoms with Gasteiger partial charge in [0.2, 0.25) is 15.9 Å². The molecule has 10 heteroatoms. The molecule has 0 aromatic heterocycles. The first kappa shape index (κ1) is 21.9. The van der Waals surface area contributed by atoms with Crippen molar-refractivity contribution in [2.24, 2.45) is 5.92 Å². The Balaban J connectivity index is 1.58. The van der Waals surface area contributed by atoms with Gasteiger partial charge in [0.1, 0.15) is 0 Å². The van der Waals surface area contributed by atoms with Gasteiger partial charge < -0.3 is 4.90 Å². The van der Waals surface area contributed by atoms with Crippen LogP contribution in [0, 0.1) is 5.92 Å². The summed E-state index contributed by atoms with van der Waals surface area (Å²) < 4.78 is 28.6. The molecule has 3 unspecified atom stereocenters. The SMILES string of the molecule is CN1C(=O)C2CC(S(=O)(=O)NC3(C)CC3)CCC2N(Cc2c(Cl)cccc2Cl)C1=O. The highest BCUT2D eigenvalue weighted by atomic mass is 35.5. The topological polar surface area (TPSA) is 86.8 Å². The number of hydrogen-bond donors (Lipinski definition) is 1. The Kier molecular flexibility index (Phi) is 5.58. The average molecular weight is 474 g/mol. The molecule has 3 amide bonds. The van der Waals surface area contributed by atoms with Crippen LogP contribution in [0.1, 0.15) is 44.6 Å². The number of sulfonamides is 1. The number of amides is 3. The van der Waals surface area contributed by atoms with Crippen LogP contribution >= 0.6 is 23.2 Å². The summed E-state index contributed by atoms with van der Waals surface area (Å²) in [6.07, 6.45) is 2.67. The van der Waals surface area contributed by atoms with Gasteiger partial charge in [0.15, 0.2) is 0 Å². The molecule has 3 atom stereocenters. The Morgan fingerprint density at radius 3 is 2.40 bits per heavy atom. The van der Waals surface area contributed by atoms with E-state index >= 15 is 0 Å². The zero-order valence-corrected chi connectivity index (χ0v) is 19.2. The van der Waals surface area contributed by atoms with Crippen LogP contribution in [-0.4, -0.2) is 54.0 Å². The third-order valence-electron chi connectivity index (χ3n) is 6.56. The van der Waals surface area contributed by atoms with Gasteiger partial charge >= 0.3 is 6.03 Å². The molecule has 0 bridgehead atoms. The average Bonchev–Trinajstić information content (AvgIpc) is 3.40. The van der Waals surface area contributed by atoms with E-state index in [0.29, 0.717) is 28.5 Å². The molecule has 1 aromatic carbocycles. The lowest BCUT2D eigenvalue weighted by Crippen LogP contribution is -2.62. The van der Waals surface area contributed by atoms with Gasteiger partial charge in [0, 0.05) is 34.2 Å². The fourth-order valence-corrected chi connectivity index (χ4v) is 6.95. The van der Waals surface area contributed by atoms with Crippen LogP contribution < -0.4 is 4.72 Å². The van der Waals surface area contributed by atoms with E-state index in [4.69, 9.17) is 23.2 Å². The molecule has 0 spiro atoms. The second-order valence-corrected chi connectivity index (χ2v) is 11.6. The zero-order valence-electron chi connectivity index (χ0n) is 16.9. The molecule has 3 aliphatic rings. The second-order valence-electron chi connectivity index (χ2n) is 8.82. The lowest BCUT2D eigenvalue weighted by Gasteiger charge is -2.47. The molecular weight excluding hydrogens is 449 g/mol. The Bertz CT molecular complexity index is 976. The van der Waals surface area contributed by atoms with Gasteiger partial charge in [-0.1, -0.05) is 29.3 Å². The first-order valence-electron chi connectivity index (χ1n) is 10.1. The molecule has 2 saturated carbocycles. The number of carbonyl (C=O) groups excluding carboxylic acids is 2. The number of hydrogen-bond acceptors (Lipinski definition) is 4. The van der Waals surface area contributed by atoms with Crippen LogP contribution in [0.3, 0.4) is 0 Å². The van der Waals surface area contributed by atoms with E-state index < -0.39 is 27.2 Å². The summed E-state index contributed by atoms with van der Waals surface area (Å²) in [6, 6.07) is 4.35. The van der Waals surface area contributed by atoms with Crippen LogP contribution in [0.25, 0.3) is 0 Å². The molecule has 164 valence electrons. The Hall–Kier alpha value is -1.35. The van der Waals surface area contributed by atoms with E-state index in [2.05, 4.69) is 4.72 Å². The third kappa shape index (κ3) is 3.95. The number of urea groups is 1. The van der Waals surface area contributed by atoms with E-state index in [9.17, 15) is 18.0 Å². The van der Waals surface area contributed by atoms with Gasteiger partial charge in [-0.05, 0) is 51.2 Å². The molecule has 4 rings (SSSR count). The smallest absolute Gasteiger partial charge is 0.316 e. The normalized spacial score (nSPS) is 28.5. The van der Waals surface area contributed by atoms with Crippen molar-refractivity contribution >= 4 is 45.2 Å². The highest BCUT2D eigenvalue weighted by Gasteiger charge is 2.51. The first-order chi connectivity index (χ1) is 14.0. The quantitative estimate of drug-likeness (QED) is 0.709. The maximum absolute atomic E-state index is 12.9. The summed E-state index contributed by atoms with van der Waals surface area (Å²) in [7, 11) is -2.11. The number of halogens is 2. The minimum Gasteiger partial charge on any atom is -0.316 e. The molecule has 3 fully saturated rings. The monoisotopic (exact) mass is 473 g/mol. The van der Waals surface area contributed by atoms with Gasteiger partial charge in [-0.3, -0.25) is 9.69 Å². The summed E-state index contributed by atoms with van der Waals surface area (Å²) in [5, 5.41) is 0.251. The zero-order chi connectivity index (χ0) is 21.8. The van der Waals surface area contributed by atoms with Crippen molar-refractivity contribution in [3.05, 3.63) is 33.8 Å². The van der Waals surface area contributed by atoms with Crippen molar-refractivity contribution in [2.45, 2.75) is 62.4 Å². The van der Waals surface area contributed by atoms with E-state index in [1.54, 1.807) is 23.1 Å². The maximum Gasteiger partial charge on any atom is 0.327 e. The van der Waals surface area contributed by atoms with Crippen molar-refractivity contribution in [3.63, 3.8) is 0 Å². The number of imide groups is 1.